The fraction of sp³-hybridized carbons (Fsp3) is 0.348. The van der Waals surface area contributed by atoms with Crippen molar-refractivity contribution in [2.45, 2.75) is 44.4 Å². The molecule has 0 radical (unpaired) electrons. The number of aromatic nitrogens is 1. The van der Waals surface area contributed by atoms with Crippen LogP contribution in [0.3, 0.4) is 0 Å². The van der Waals surface area contributed by atoms with Gasteiger partial charge in [0.05, 0.1) is 18.2 Å². The van der Waals surface area contributed by atoms with Gasteiger partial charge in [0.15, 0.2) is 0 Å². The second-order valence-corrected chi connectivity index (χ2v) is 9.45. The maximum atomic E-state index is 14.1. The third-order valence-corrected chi connectivity index (χ3v) is 6.08. The Morgan fingerprint density at radius 1 is 1.18 bits per heavy atom. The SMILES string of the molecule is COc1ccc(Br)cc1C(C)(C)CC(O)(C(=O)Nc1ccc2c(=O)onc(C)c2c1)C(F)(F)F. The van der Waals surface area contributed by atoms with Crippen molar-refractivity contribution in [3.63, 3.8) is 0 Å². The number of ether oxygens (including phenoxy) is 1. The van der Waals surface area contributed by atoms with Crippen LogP contribution in [0.2, 0.25) is 0 Å². The zero-order valence-electron chi connectivity index (χ0n) is 18.7. The number of hydrogen-bond donors (Lipinski definition) is 2. The standard InChI is InChI=1S/C23H22BrF3N2O5/c1-12-16-10-14(6-7-15(16)19(30)34-29-12)28-20(31)22(32,23(25,26)27)11-21(2,3)17-9-13(24)5-8-18(17)33-4/h5-10,32H,11H2,1-4H3,(H,28,31). The lowest BCUT2D eigenvalue weighted by molar-refractivity contribution is -0.254. The van der Waals surface area contributed by atoms with E-state index in [1.54, 1.807) is 18.2 Å². The van der Waals surface area contributed by atoms with E-state index in [1.807, 2.05) is 0 Å². The molecule has 182 valence electrons. The number of hydrogen-bond acceptors (Lipinski definition) is 6. The van der Waals surface area contributed by atoms with Crippen LogP contribution < -0.4 is 15.7 Å². The molecular formula is C23H22BrF3N2O5. The van der Waals surface area contributed by atoms with Crippen LogP contribution in [0.4, 0.5) is 18.9 Å². The van der Waals surface area contributed by atoms with E-state index in [4.69, 9.17) is 4.74 Å². The van der Waals surface area contributed by atoms with Gasteiger partial charge in [-0.3, -0.25) is 4.79 Å². The van der Waals surface area contributed by atoms with Gasteiger partial charge in [-0.05, 0) is 48.7 Å². The van der Waals surface area contributed by atoms with E-state index in [0.29, 0.717) is 26.9 Å². The molecule has 1 heterocycles. The molecule has 2 N–H and O–H groups in total. The lowest BCUT2D eigenvalue weighted by atomic mass is 9.74. The minimum atomic E-state index is -5.29. The van der Waals surface area contributed by atoms with Crippen LogP contribution >= 0.6 is 15.9 Å². The first-order valence-electron chi connectivity index (χ1n) is 10.0. The van der Waals surface area contributed by atoms with Gasteiger partial charge in [-0.1, -0.05) is 34.9 Å². The van der Waals surface area contributed by atoms with Gasteiger partial charge in [0, 0.05) is 27.5 Å². The average Bonchev–Trinajstić information content (AvgIpc) is 2.75. The molecule has 0 saturated heterocycles. The van der Waals surface area contributed by atoms with Crippen LogP contribution in [-0.2, 0) is 10.2 Å². The number of nitrogens with zero attached hydrogens (tertiary/aromatic N) is 1. The Hall–Kier alpha value is -2.92. The molecule has 0 aliphatic carbocycles. The Bertz CT molecular complexity index is 1310. The first-order chi connectivity index (χ1) is 15.7. The Morgan fingerprint density at radius 3 is 2.47 bits per heavy atom. The molecule has 0 fully saturated rings. The number of benzene rings is 2. The Morgan fingerprint density at radius 2 is 1.85 bits per heavy atom. The van der Waals surface area contributed by atoms with E-state index in [-0.39, 0.29) is 11.1 Å². The van der Waals surface area contributed by atoms with Crippen molar-refractivity contribution >= 4 is 38.3 Å². The fourth-order valence-electron chi connectivity index (χ4n) is 3.80. The topological polar surface area (TPSA) is 102 Å². The van der Waals surface area contributed by atoms with E-state index in [0.717, 1.165) is 0 Å². The van der Waals surface area contributed by atoms with Crippen molar-refractivity contribution in [1.82, 2.24) is 5.16 Å². The van der Waals surface area contributed by atoms with Crippen LogP contribution in [0.5, 0.6) is 5.75 Å². The van der Waals surface area contributed by atoms with E-state index in [2.05, 4.69) is 30.9 Å². The summed E-state index contributed by atoms with van der Waals surface area (Å²) in [5.41, 5.74) is -5.16. The average molecular weight is 543 g/mol. The molecule has 0 aliphatic rings. The highest BCUT2D eigenvalue weighted by molar-refractivity contribution is 9.10. The monoisotopic (exact) mass is 542 g/mol. The quantitative estimate of drug-likeness (QED) is 0.461. The highest BCUT2D eigenvalue weighted by Crippen LogP contribution is 2.44. The maximum Gasteiger partial charge on any atom is 0.426 e. The summed E-state index contributed by atoms with van der Waals surface area (Å²) < 4.78 is 52.9. The van der Waals surface area contributed by atoms with Crippen molar-refractivity contribution in [3.8, 4) is 5.75 Å². The van der Waals surface area contributed by atoms with E-state index >= 15 is 0 Å². The van der Waals surface area contributed by atoms with Gasteiger partial charge in [-0.15, -0.1) is 0 Å². The van der Waals surface area contributed by atoms with Gasteiger partial charge in [-0.2, -0.15) is 13.2 Å². The largest absolute Gasteiger partial charge is 0.496 e. The van der Waals surface area contributed by atoms with Crippen molar-refractivity contribution < 1.29 is 32.3 Å². The smallest absolute Gasteiger partial charge is 0.426 e. The number of alkyl halides is 3. The zero-order valence-corrected chi connectivity index (χ0v) is 20.3. The summed E-state index contributed by atoms with van der Waals surface area (Å²) in [6.45, 7) is 4.49. The normalized spacial score (nSPS) is 14.0. The molecule has 1 unspecified atom stereocenters. The third-order valence-electron chi connectivity index (χ3n) is 5.59. The number of carbonyl (C=O) groups is 1. The molecule has 1 aromatic heterocycles. The Kier molecular flexibility index (Phi) is 6.82. The van der Waals surface area contributed by atoms with E-state index in [9.17, 15) is 27.9 Å². The summed E-state index contributed by atoms with van der Waals surface area (Å²) in [6, 6.07) is 8.67. The van der Waals surface area contributed by atoms with Crippen LogP contribution in [0, 0.1) is 6.92 Å². The van der Waals surface area contributed by atoms with E-state index < -0.39 is 35.1 Å². The third kappa shape index (κ3) is 4.80. The number of amides is 1. The molecular weight excluding hydrogens is 521 g/mol. The van der Waals surface area contributed by atoms with Crippen LogP contribution in [0.15, 0.2) is 50.2 Å². The fourth-order valence-corrected chi connectivity index (χ4v) is 4.16. The number of fused-ring (bicyclic) bond motifs is 1. The second-order valence-electron chi connectivity index (χ2n) is 8.53. The summed E-state index contributed by atoms with van der Waals surface area (Å²) in [7, 11) is 1.38. The van der Waals surface area contributed by atoms with Crippen LogP contribution in [-0.4, -0.2) is 35.1 Å². The summed E-state index contributed by atoms with van der Waals surface area (Å²) >= 11 is 3.29. The highest BCUT2D eigenvalue weighted by atomic mass is 79.9. The number of aryl methyl sites for hydroxylation is 1. The van der Waals surface area contributed by atoms with Crippen molar-refractivity contribution in [1.29, 1.82) is 0 Å². The van der Waals surface area contributed by atoms with Gasteiger partial charge < -0.3 is 19.7 Å². The molecule has 0 spiro atoms. The molecule has 7 nitrogen and oxygen atoms in total. The molecule has 0 aliphatic heterocycles. The number of anilines is 1. The number of rotatable bonds is 6. The predicted molar refractivity (Wildman–Crippen MR) is 123 cm³/mol. The summed E-state index contributed by atoms with van der Waals surface area (Å²) in [5, 5.41) is 16.9. The lowest BCUT2D eigenvalue weighted by Gasteiger charge is -2.37. The van der Waals surface area contributed by atoms with Gasteiger partial charge >= 0.3 is 11.8 Å². The number of nitrogens with one attached hydrogen (secondary N) is 1. The summed E-state index contributed by atoms with van der Waals surface area (Å²) in [5.74, 6) is -1.34. The van der Waals surface area contributed by atoms with Gasteiger partial charge in [0.2, 0.25) is 5.60 Å². The first-order valence-corrected chi connectivity index (χ1v) is 10.8. The summed E-state index contributed by atoms with van der Waals surface area (Å²) in [4.78, 5) is 24.7. The lowest BCUT2D eigenvalue weighted by Crippen LogP contribution is -2.57. The van der Waals surface area contributed by atoms with Crippen molar-refractivity contribution in [2.75, 3.05) is 12.4 Å². The number of halogens is 4. The molecule has 1 amide bonds. The molecule has 1 atom stereocenters. The number of methoxy groups -OCH3 is 1. The minimum Gasteiger partial charge on any atom is -0.496 e. The van der Waals surface area contributed by atoms with Gasteiger partial charge in [-0.25, -0.2) is 4.79 Å². The molecule has 2 aromatic carbocycles. The molecule has 3 aromatic rings. The van der Waals surface area contributed by atoms with Crippen molar-refractivity contribution in [3.05, 3.63) is 62.5 Å². The Balaban J connectivity index is 2.00. The van der Waals surface area contributed by atoms with Crippen molar-refractivity contribution in [2.24, 2.45) is 0 Å². The maximum absolute atomic E-state index is 14.1. The number of carbonyl (C=O) groups excluding carboxylic acids is 1. The molecule has 11 heteroatoms. The van der Waals surface area contributed by atoms with Gasteiger partial charge in [0.25, 0.3) is 5.91 Å². The second kappa shape index (κ2) is 9.03. The highest BCUT2D eigenvalue weighted by Gasteiger charge is 2.61. The van der Waals surface area contributed by atoms with Crippen LogP contribution in [0.25, 0.3) is 10.8 Å². The minimum absolute atomic E-state index is 0.0477. The molecule has 34 heavy (non-hydrogen) atoms. The predicted octanol–water partition coefficient (Wildman–Crippen LogP) is 4.87. The van der Waals surface area contributed by atoms with E-state index in [1.165, 1.54) is 46.1 Å². The zero-order chi connectivity index (χ0) is 25.5. The Labute approximate surface area is 201 Å². The number of aliphatic hydroxyl groups is 1. The summed E-state index contributed by atoms with van der Waals surface area (Å²) in [6.07, 6.45) is -6.27. The first kappa shape index (κ1) is 25.7. The molecule has 0 bridgehead atoms. The molecule has 3 rings (SSSR count). The molecule has 0 saturated carbocycles. The van der Waals surface area contributed by atoms with Crippen LogP contribution in [0.1, 0.15) is 31.5 Å². The van der Waals surface area contributed by atoms with Gasteiger partial charge in [0.1, 0.15) is 5.75 Å².